The standard InChI is InChI=1S/C20H14ClF3N4O/c1-28-18-5-3-14(29-13-6-8-25-9-7-13)11-17(18)27-19(28)26-12-2-4-16(21)15(10-12)20(22,23)24/h2-11H,1H3,(H,26,27). The molecule has 0 aliphatic rings. The van der Waals surface area contributed by atoms with Crippen LogP contribution in [0.5, 0.6) is 11.5 Å². The lowest BCUT2D eigenvalue weighted by atomic mass is 10.2. The summed E-state index contributed by atoms with van der Waals surface area (Å²) in [4.78, 5) is 8.41. The first-order chi connectivity index (χ1) is 13.8. The van der Waals surface area contributed by atoms with E-state index in [1.54, 1.807) is 48.3 Å². The molecule has 0 saturated carbocycles. The third-order valence-corrected chi connectivity index (χ3v) is 4.60. The Labute approximate surface area is 168 Å². The lowest BCUT2D eigenvalue weighted by molar-refractivity contribution is -0.137. The molecule has 0 aliphatic carbocycles. The van der Waals surface area contributed by atoms with Crippen molar-refractivity contribution in [3.8, 4) is 11.5 Å². The zero-order valence-electron chi connectivity index (χ0n) is 15.0. The van der Waals surface area contributed by atoms with E-state index < -0.39 is 11.7 Å². The predicted octanol–water partition coefficient (Wildman–Crippen LogP) is 6.18. The van der Waals surface area contributed by atoms with E-state index in [0.29, 0.717) is 23.0 Å². The topological polar surface area (TPSA) is 52.0 Å². The zero-order valence-corrected chi connectivity index (χ0v) is 15.8. The number of pyridine rings is 1. The Morgan fingerprint density at radius 2 is 1.76 bits per heavy atom. The molecule has 2 aromatic heterocycles. The highest BCUT2D eigenvalue weighted by Gasteiger charge is 2.33. The van der Waals surface area contributed by atoms with Gasteiger partial charge in [-0.2, -0.15) is 13.2 Å². The van der Waals surface area contributed by atoms with Crippen molar-refractivity contribution in [3.63, 3.8) is 0 Å². The second-order valence-corrected chi connectivity index (χ2v) is 6.65. The molecule has 5 nitrogen and oxygen atoms in total. The maximum absolute atomic E-state index is 13.1. The fourth-order valence-electron chi connectivity index (χ4n) is 2.85. The predicted molar refractivity (Wildman–Crippen MR) is 105 cm³/mol. The van der Waals surface area contributed by atoms with Crippen molar-refractivity contribution in [2.75, 3.05) is 5.32 Å². The number of aryl methyl sites for hydroxylation is 1. The SMILES string of the molecule is Cn1c(Nc2ccc(Cl)c(C(F)(F)F)c2)nc2cc(Oc3ccncc3)ccc21. The fourth-order valence-corrected chi connectivity index (χ4v) is 3.07. The highest BCUT2D eigenvalue weighted by Crippen LogP contribution is 2.37. The molecular formula is C20H14ClF3N4O. The molecular weight excluding hydrogens is 405 g/mol. The summed E-state index contributed by atoms with van der Waals surface area (Å²) in [6, 6.07) is 12.5. The van der Waals surface area contributed by atoms with Gasteiger partial charge in [0, 0.05) is 31.2 Å². The van der Waals surface area contributed by atoms with Crippen LogP contribution in [-0.2, 0) is 13.2 Å². The van der Waals surface area contributed by atoms with Gasteiger partial charge >= 0.3 is 6.18 Å². The summed E-state index contributed by atoms with van der Waals surface area (Å²) in [6.07, 6.45) is -1.30. The van der Waals surface area contributed by atoms with Gasteiger partial charge < -0.3 is 14.6 Å². The van der Waals surface area contributed by atoms with Crippen molar-refractivity contribution in [2.45, 2.75) is 6.18 Å². The van der Waals surface area contributed by atoms with E-state index in [-0.39, 0.29) is 10.7 Å². The number of nitrogens with zero attached hydrogens (tertiary/aromatic N) is 3. The number of benzene rings is 2. The van der Waals surface area contributed by atoms with Gasteiger partial charge in [0.2, 0.25) is 5.95 Å². The molecule has 0 bridgehead atoms. The summed E-state index contributed by atoms with van der Waals surface area (Å²) >= 11 is 5.68. The van der Waals surface area contributed by atoms with E-state index >= 15 is 0 Å². The van der Waals surface area contributed by atoms with Gasteiger partial charge in [-0.3, -0.25) is 4.98 Å². The van der Waals surface area contributed by atoms with Crippen LogP contribution in [0.3, 0.4) is 0 Å². The molecule has 9 heteroatoms. The minimum Gasteiger partial charge on any atom is -0.457 e. The van der Waals surface area contributed by atoms with Gasteiger partial charge in [-0.05, 0) is 42.5 Å². The highest BCUT2D eigenvalue weighted by atomic mass is 35.5. The van der Waals surface area contributed by atoms with Crippen LogP contribution in [-0.4, -0.2) is 14.5 Å². The van der Waals surface area contributed by atoms with Crippen LogP contribution in [0.25, 0.3) is 11.0 Å². The molecule has 0 atom stereocenters. The van der Waals surface area contributed by atoms with Crippen LogP contribution >= 0.6 is 11.6 Å². The molecule has 0 spiro atoms. The minimum atomic E-state index is -4.54. The molecule has 29 heavy (non-hydrogen) atoms. The summed E-state index contributed by atoms with van der Waals surface area (Å²) in [6.45, 7) is 0. The van der Waals surface area contributed by atoms with E-state index in [0.717, 1.165) is 11.6 Å². The van der Waals surface area contributed by atoms with E-state index in [9.17, 15) is 13.2 Å². The molecule has 0 aliphatic heterocycles. The van der Waals surface area contributed by atoms with E-state index in [1.165, 1.54) is 12.1 Å². The van der Waals surface area contributed by atoms with Crippen molar-refractivity contribution < 1.29 is 17.9 Å². The molecule has 4 rings (SSSR count). The van der Waals surface area contributed by atoms with Crippen molar-refractivity contribution in [1.82, 2.24) is 14.5 Å². The number of ether oxygens (including phenoxy) is 1. The zero-order chi connectivity index (χ0) is 20.6. The molecule has 1 N–H and O–H groups in total. The van der Waals surface area contributed by atoms with Crippen LogP contribution in [0.4, 0.5) is 24.8 Å². The number of rotatable bonds is 4. The molecule has 148 valence electrons. The molecule has 0 saturated heterocycles. The smallest absolute Gasteiger partial charge is 0.417 e. The van der Waals surface area contributed by atoms with Crippen molar-refractivity contribution in [1.29, 1.82) is 0 Å². The average Bonchev–Trinajstić information content (AvgIpc) is 2.98. The largest absolute Gasteiger partial charge is 0.457 e. The normalized spacial score (nSPS) is 11.6. The minimum absolute atomic E-state index is 0.230. The molecule has 2 heterocycles. The van der Waals surface area contributed by atoms with Gasteiger partial charge in [0.15, 0.2) is 0 Å². The maximum atomic E-state index is 13.1. The van der Waals surface area contributed by atoms with E-state index in [2.05, 4.69) is 15.3 Å². The van der Waals surface area contributed by atoms with Gasteiger partial charge in [0.25, 0.3) is 0 Å². The van der Waals surface area contributed by atoms with Crippen molar-refractivity contribution in [3.05, 3.63) is 71.5 Å². The summed E-state index contributed by atoms with van der Waals surface area (Å²) in [5.41, 5.74) is 0.746. The first-order valence-corrected chi connectivity index (χ1v) is 8.87. The Balaban J connectivity index is 1.64. The Hall–Kier alpha value is -3.26. The first-order valence-electron chi connectivity index (χ1n) is 8.49. The average molecular weight is 419 g/mol. The number of imidazole rings is 1. The molecule has 0 amide bonds. The first kappa shape index (κ1) is 19.1. The number of alkyl halides is 3. The Morgan fingerprint density at radius 1 is 1.00 bits per heavy atom. The Morgan fingerprint density at radius 3 is 2.48 bits per heavy atom. The van der Waals surface area contributed by atoms with Crippen LogP contribution in [0.15, 0.2) is 60.9 Å². The number of halogens is 4. The molecule has 0 fully saturated rings. The lowest BCUT2D eigenvalue weighted by Gasteiger charge is -2.12. The summed E-state index contributed by atoms with van der Waals surface area (Å²) in [5, 5.41) is 2.56. The van der Waals surface area contributed by atoms with Crippen LogP contribution < -0.4 is 10.1 Å². The second-order valence-electron chi connectivity index (χ2n) is 6.25. The van der Waals surface area contributed by atoms with Crippen molar-refractivity contribution in [2.24, 2.45) is 7.05 Å². The number of aromatic nitrogens is 3. The molecule has 2 aromatic carbocycles. The third-order valence-electron chi connectivity index (χ3n) is 4.27. The number of fused-ring (bicyclic) bond motifs is 1. The summed E-state index contributed by atoms with van der Waals surface area (Å²) in [7, 11) is 1.77. The third kappa shape index (κ3) is 3.97. The second kappa shape index (κ2) is 7.29. The van der Waals surface area contributed by atoms with Crippen molar-refractivity contribution >= 4 is 34.3 Å². The number of nitrogens with one attached hydrogen (secondary N) is 1. The summed E-state index contributed by atoms with van der Waals surface area (Å²) < 4.78 is 46.8. The number of hydrogen-bond donors (Lipinski definition) is 1. The molecule has 4 aromatic rings. The molecule has 0 radical (unpaired) electrons. The maximum Gasteiger partial charge on any atom is 0.417 e. The number of anilines is 2. The Bertz CT molecular complexity index is 1180. The van der Waals surface area contributed by atoms with E-state index in [4.69, 9.17) is 16.3 Å². The Kier molecular flexibility index (Phi) is 4.79. The van der Waals surface area contributed by atoms with Gasteiger partial charge in [-0.15, -0.1) is 0 Å². The highest BCUT2D eigenvalue weighted by molar-refractivity contribution is 6.31. The van der Waals surface area contributed by atoms with Gasteiger partial charge in [0.1, 0.15) is 11.5 Å². The van der Waals surface area contributed by atoms with E-state index in [1.807, 2.05) is 6.07 Å². The fraction of sp³-hybridized carbons (Fsp3) is 0.100. The monoisotopic (exact) mass is 418 g/mol. The lowest BCUT2D eigenvalue weighted by Crippen LogP contribution is -2.07. The number of hydrogen-bond acceptors (Lipinski definition) is 4. The van der Waals surface area contributed by atoms with Gasteiger partial charge in [0.05, 0.1) is 21.6 Å². The van der Waals surface area contributed by atoms with Gasteiger partial charge in [-0.25, -0.2) is 4.98 Å². The quantitative estimate of drug-likeness (QED) is 0.430. The molecule has 0 unspecified atom stereocenters. The van der Waals surface area contributed by atoms with Crippen LogP contribution in [0.2, 0.25) is 5.02 Å². The van der Waals surface area contributed by atoms with Gasteiger partial charge in [-0.1, -0.05) is 11.6 Å². The van der Waals surface area contributed by atoms with Crippen LogP contribution in [0, 0.1) is 0 Å². The summed E-state index contributed by atoms with van der Waals surface area (Å²) in [5.74, 6) is 1.60. The van der Waals surface area contributed by atoms with Crippen LogP contribution in [0.1, 0.15) is 5.56 Å².